The van der Waals surface area contributed by atoms with E-state index in [0.717, 1.165) is 6.92 Å². The maximum atomic E-state index is 13.1. The van der Waals surface area contributed by atoms with Gasteiger partial charge in [-0.25, -0.2) is 18.7 Å². The molecule has 1 heterocycles. The molecule has 0 fully saturated rings. The van der Waals surface area contributed by atoms with Crippen molar-refractivity contribution >= 4 is 11.6 Å². The zero-order valence-electron chi connectivity index (χ0n) is 9.40. The van der Waals surface area contributed by atoms with Crippen molar-refractivity contribution in [1.29, 1.82) is 0 Å². The number of rotatable bonds is 3. The van der Waals surface area contributed by atoms with Crippen molar-refractivity contribution in [3.63, 3.8) is 0 Å². The molecule has 0 aliphatic heterocycles. The maximum Gasteiger partial charge on any atom is 0.270 e. The van der Waals surface area contributed by atoms with E-state index in [2.05, 4.69) is 9.97 Å². The van der Waals surface area contributed by atoms with Crippen LogP contribution >= 0.6 is 11.6 Å². The second-order valence-electron chi connectivity index (χ2n) is 3.67. The van der Waals surface area contributed by atoms with Crippen LogP contribution in [0.4, 0.5) is 8.78 Å². The first kappa shape index (κ1) is 12.7. The average Bonchev–Trinajstić information content (AvgIpc) is 2.31. The van der Waals surface area contributed by atoms with E-state index in [1.54, 1.807) is 6.07 Å². The van der Waals surface area contributed by atoms with Crippen molar-refractivity contribution in [3.05, 3.63) is 47.4 Å². The van der Waals surface area contributed by atoms with E-state index in [1.807, 2.05) is 0 Å². The Labute approximate surface area is 107 Å². The van der Waals surface area contributed by atoms with Crippen molar-refractivity contribution < 1.29 is 13.5 Å². The fourth-order valence-electron chi connectivity index (χ4n) is 1.32. The summed E-state index contributed by atoms with van der Waals surface area (Å²) in [6, 6.07) is 5.59. The molecule has 0 aliphatic rings. The van der Waals surface area contributed by atoms with Gasteiger partial charge in [-0.2, -0.15) is 0 Å². The summed E-state index contributed by atoms with van der Waals surface area (Å²) in [6.07, 6.45) is 2.81. The van der Waals surface area contributed by atoms with Crippen LogP contribution in [0.25, 0.3) is 0 Å². The first-order valence-corrected chi connectivity index (χ1v) is 5.47. The summed E-state index contributed by atoms with van der Waals surface area (Å²) >= 11 is 5.76. The van der Waals surface area contributed by atoms with Crippen LogP contribution in [0.5, 0.6) is 11.6 Å². The van der Waals surface area contributed by atoms with Crippen LogP contribution in [0.2, 0.25) is 5.15 Å². The van der Waals surface area contributed by atoms with E-state index in [1.165, 1.54) is 30.6 Å². The molecule has 6 heteroatoms. The number of hydrogen-bond donors (Lipinski definition) is 0. The highest BCUT2D eigenvalue weighted by Crippen LogP contribution is 2.31. The summed E-state index contributed by atoms with van der Waals surface area (Å²) in [4.78, 5) is 7.64. The van der Waals surface area contributed by atoms with Gasteiger partial charge in [-0.15, -0.1) is 0 Å². The molecule has 1 aromatic carbocycles. The van der Waals surface area contributed by atoms with Crippen LogP contribution < -0.4 is 4.74 Å². The van der Waals surface area contributed by atoms with Gasteiger partial charge in [0.05, 0.1) is 0 Å². The normalized spacial score (nSPS) is 11.3. The predicted octanol–water partition coefficient (Wildman–Crippen LogP) is 4.03. The van der Waals surface area contributed by atoms with Crippen molar-refractivity contribution in [3.8, 4) is 11.6 Å². The Kier molecular flexibility index (Phi) is 3.43. The van der Waals surface area contributed by atoms with E-state index in [4.69, 9.17) is 16.3 Å². The van der Waals surface area contributed by atoms with Crippen LogP contribution in [-0.4, -0.2) is 9.97 Å². The van der Waals surface area contributed by atoms with E-state index >= 15 is 0 Å². The molecular formula is C12H9ClF2N2O. The Bertz CT molecular complexity index is 558. The van der Waals surface area contributed by atoms with Gasteiger partial charge in [0.2, 0.25) is 0 Å². The van der Waals surface area contributed by atoms with Gasteiger partial charge in [0.25, 0.3) is 11.8 Å². The molecule has 0 amide bonds. The Morgan fingerprint density at radius 2 is 1.94 bits per heavy atom. The summed E-state index contributed by atoms with van der Waals surface area (Å²) in [5.41, 5.74) is -0.139. The quantitative estimate of drug-likeness (QED) is 0.844. The number of halogens is 3. The number of alkyl halides is 2. The molecule has 0 unspecified atom stereocenters. The van der Waals surface area contributed by atoms with Gasteiger partial charge in [-0.1, -0.05) is 23.7 Å². The van der Waals surface area contributed by atoms with Gasteiger partial charge in [-0.3, -0.25) is 0 Å². The van der Waals surface area contributed by atoms with Gasteiger partial charge < -0.3 is 4.74 Å². The van der Waals surface area contributed by atoms with Crippen LogP contribution in [0.3, 0.4) is 0 Å². The van der Waals surface area contributed by atoms with Crippen LogP contribution in [-0.2, 0) is 5.92 Å². The zero-order chi connectivity index (χ0) is 13.2. The number of benzene rings is 1. The molecule has 18 heavy (non-hydrogen) atoms. The van der Waals surface area contributed by atoms with E-state index in [-0.39, 0.29) is 22.3 Å². The molecule has 0 radical (unpaired) electrons. The molecule has 3 nitrogen and oxygen atoms in total. The molecule has 0 bridgehead atoms. The number of nitrogens with zero attached hydrogens (tertiary/aromatic N) is 2. The minimum absolute atomic E-state index is 0.0751. The number of hydrogen-bond acceptors (Lipinski definition) is 3. The van der Waals surface area contributed by atoms with Gasteiger partial charge in [0.1, 0.15) is 5.75 Å². The third-order valence-corrected chi connectivity index (χ3v) is 2.44. The van der Waals surface area contributed by atoms with E-state index < -0.39 is 5.92 Å². The summed E-state index contributed by atoms with van der Waals surface area (Å²) in [6.45, 7) is 0.821. The number of ether oxygens (including phenoxy) is 1. The third kappa shape index (κ3) is 2.92. The Morgan fingerprint density at radius 3 is 2.61 bits per heavy atom. The Morgan fingerprint density at radius 1 is 1.22 bits per heavy atom. The molecule has 0 N–H and O–H groups in total. The lowest BCUT2D eigenvalue weighted by Crippen LogP contribution is -2.06. The van der Waals surface area contributed by atoms with Crippen molar-refractivity contribution in [2.75, 3.05) is 0 Å². The van der Waals surface area contributed by atoms with Crippen molar-refractivity contribution in [1.82, 2.24) is 9.97 Å². The number of aromatic nitrogens is 2. The van der Waals surface area contributed by atoms with Gasteiger partial charge in [0, 0.05) is 24.9 Å². The Hall–Kier alpha value is -1.75. The standard InChI is InChI=1S/C12H9ClF2N2O/c1-12(14,15)8-3-2-4-9(7-8)18-11-10(13)16-5-6-17-11/h2-7H,1H3. The second-order valence-corrected chi connectivity index (χ2v) is 4.03. The summed E-state index contributed by atoms with van der Waals surface area (Å²) in [7, 11) is 0. The second kappa shape index (κ2) is 4.86. The summed E-state index contributed by atoms with van der Waals surface area (Å²) < 4.78 is 31.6. The Balaban J connectivity index is 2.28. The SMILES string of the molecule is CC(F)(F)c1cccc(Oc2nccnc2Cl)c1. The summed E-state index contributed by atoms with van der Waals surface area (Å²) in [5, 5.41) is 0.0751. The lowest BCUT2D eigenvalue weighted by atomic mass is 10.1. The monoisotopic (exact) mass is 270 g/mol. The van der Waals surface area contributed by atoms with Crippen molar-refractivity contribution in [2.24, 2.45) is 0 Å². The molecule has 0 atom stereocenters. The minimum Gasteiger partial charge on any atom is -0.436 e. The minimum atomic E-state index is -2.93. The molecular weight excluding hydrogens is 262 g/mol. The first-order valence-electron chi connectivity index (χ1n) is 5.09. The topological polar surface area (TPSA) is 35.0 Å². The van der Waals surface area contributed by atoms with E-state index in [0.29, 0.717) is 0 Å². The van der Waals surface area contributed by atoms with E-state index in [9.17, 15) is 8.78 Å². The van der Waals surface area contributed by atoms with Crippen molar-refractivity contribution in [2.45, 2.75) is 12.8 Å². The highest BCUT2D eigenvalue weighted by atomic mass is 35.5. The molecule has 2 rings (SSSR count). The molecule has 0 saturated heterocycles. The van der Waals surface area contributed by atoms with Crippen LogP contribution in [0, 0.1) is 0 Å². The lowest BCUT2D eigenvalue weighted by Gasteiger charge is -2.12. The third-order valence-electron chi connectivity index (χ3n) is 2.18. The predicted molar refractivity (Wildman–Crippen MR) is 63.1 cm³/mol. The smallest absolute Gasteiger partial charge is 0.270 e. The fraction of sp³-hybridized carbons (Fsp3) is 0.167. The summed E-state index contributed by atoms with van der Waals surface area (Å²) in [5.74, 6) is -2.61. The first-order chi connectivity index (χ1) is 8.47. The molecule has 0 spiro atoms. The molecule has 1 aromatic heterocycles. The van der Waals surface area contributed by atoms with Gasteiger partial charge in [0.15, 0.2) is 5.15 Å². The fourth-order valence-corrected chi connectivity index (χ4v) is 1.46. The van der Waals surface area contributed by atoms with Gasteiger partial charge >= 0.3 is 0 Å². The molecule has 94 valence electrons. The molecule has 0 saturated carbocycles. The molecule has 2 aromatic rings. The largest absolute Gasteiger partial charge is 0.436 e. The highest BCUT2D eigenvalue weighted by Gasteiger charge is 2.24. The van der Waals surface area contributed by atoms with Crippen LogP contribution in [0.15, 0.2) is 36.7 Å². The van der Waals surface area contributed by atoms with Crippen LogP contribution in [0.1, 0.15) is 12.5 Å². The zero-order valence-corrected chi connectivity index (χ0v) is 10.2. The maximum absolute atomic E-state index is 13.1. The molecule has 0 aliphatic carbocycles. The average molecular weight is 271 g/mol. The highest BCUT2D eigenvalue weighted by molar-refractivity contribution is 6.30. The van der Waals surface area contributed by atoms with Gasteiger partial charge in [-0.05, 0) is 12.1 Å². The lowest BCUT2D eigenvalue weighted by molar-refractivity contribution is 0.0173.